The maximum Gasteiger partial charge on any atom is 0.257 e. The van der Waals surface area contributed by atoms with Crippen molar-refractivity contribution in [2.45, 2.75) is 26.8 Å². The van der Waals surface area contributed by atoms with Gasteiger partial charge in [-0.25, -0.2) is 0 Å². The number of amides is 1. The van der Waals surface area contributed by atoms with Crippen LogP contribution in [0.1, 0.15) is 48.3 Å². The molecular weight excluding hydrogens is 466 g/mol. The molecule has 1 aliphatic rings. The fourth-order valence-corrected chi connectivity index (χ4v) is 4.32. The smallest absolute Gasteiger partial charge is 0.257 e. The molecule has 0 unspecified atom stereocenters. The van der Waals surface area contributed by atoms with E-state index >= 15 is 0 Å². The van der Waals surface area contributed by atoms with Gasteiger partial charge in [0.05, 0.1) is 29.0 Å². The molecule has 9 nitrogen and oxygen atoms in total. The second-order valence-electron chi connectivity index (χ2n) is 9.47. The number of benzene rings is 2. The van der Waals surface area contributed by atoms with Crippen LogP contribution in [0.4, 0.5) is 17.3 Å². The van der Waals surface area contributed by atoms with Crippen LogP contribution in [0.15, 0.2) is 36.9 Å². The van der Waals surface area contributed by atoms with E-state index in [1.54, 1.807) is 26.2 Å². The van der Waals surface area contributed by atoms with Crippen molar-refractivity contribution in [1.29, 1.82) is 0 Å². The van der Waals surface area contributed by atoms with E-state index in [9.17, 15) is 9.90 Å². The summed E-state index contributed by atoms with van der Waals surface area (Å²) in [6.07, 6.45) is 1.54. The molecule has 35 heavy (non-hydrogen) atoms. The van der Waals surface area contributed by atoms with Gasteiger partial charge in [-0.3, -0.25) is 4.79 Å². The number of phenolic OH excluding ortho intramolecular Hbond substituents is 1. The summed E-state index contributed by atoms with van der Waals surface area (Å²) < 4.78 is 19.8. The molecule has 0 saturated carbocycles. The number of hydrogen-bond acceptors (Lipinski definition) is 9. The molecule has 0 aliphatic carbocycles. The third kappa shape index (κ3) is 4.88. The zero-order valence-electron chi connectivity index (χ0n) is 20.4. The number of carbonyl (C=O) groups excluding carboxylic acids is 1. The van der Waals surface area contributed by atoms with Gasteiger partial charge in [0.25, 0.3) is 5.91 Å². The van der Waals surface area contributed by atoms with Crippen LogP contribution in [0.5, 0.6) is 17.2 Å². The summed E-state index contributed by atoms with van der Waals surface area (Å²) in [5.41, 5.74) is 1.87. The zero-order chi connectivity index (χ0) is 25.3. The summed E-state index contributed by atoms with van der Waals surface area (Å²) in [5.74, 6) is 1.89. The van der Waals surface area contributed by atoms with Crippen LogP contribution in [0.2, 0.25) is 0 Å². The number of fused-ring (bicyclic) bond motifs is 1. The number of nitrogens with zero attached hydrogens (tertiary/aromatic N) is 3. The Hall–Kier alpha value is -3.79. The van der Waals surface area contributed by atoms with Crippen LogP contribution in [-0.4, -0.2) is 45.5 Å². The Balaban J connectivity index is 1.65. The number of carbonyl (C=O) groups is 1. The largest absolute Gasteiger partial charge is 0.505 e. The van der Waals surface area contributed by atoms with Crippen LogP contribution in [0.3, 0.4) is 0 Å². The number of phenols is 1. The van der Waals surface area contributed by atoms with E-state index in [-0.39, 0.29) is 35.5 Å². The first-order valence-electron chi connectivity index (χ1n) is 11.1. The van der Waals surface area contributed by atoms with Crippen LogP contribution in [0, 0.1) is 5.41 Å². The van der Waals surface area contributed by atoms with E-state index in [0.29, 0.717) is 28.6 Å². The molecule has 0 saturated heterocycles. The number of nitrogens with one attached hydrogen (secondary N) is 2. The highest BCUT2D eigenvalue weighted by Crippen LogP contribution is 2.42. The molecule has 184 valence electrons. The third-order valence-corrected chi connectivity index (χ3v) is 6.20. The molecule has 1 amide bonds. The molecule has 4 rings (SSSR count). The van der Waals surface area contributed by atoms with Crippen molar-refractivity contribution in [1.82, 2.24) is 13.6 Å². The summed E-state index contributed by atoms with van der Waals surface area (Å²) >= 11 is 1.04. The minimum atomic E-state index is -0.327. The average molecular weight is 496 g/mol. The van der Waals surface area contributed by atoms with Gasteiger partial charge in [-0.2, -0.15) is 8.75 Å². The van der Waals surface area contributed by atoms with Gasteiger partial charge in [0.2, 0.25) is 6.79 Å². The summed E-state index contributed by atoms with van der Waals surface area (Å²) in [6.45, 7) is 10.3. The van der Waals surface area contributed by atoms with Gasteiger partial charge >= 0.3 is 0 Å². The topological polar surface area (TPSA) is 109 Å². The van der Waals surface area contributed by atoms with E-state index in [4.69, 9.17) is 9.47 Å². The van der Waals surface area contributed by atoms with Crippen LogP contribution < -0.4 is 20.1 Å². The second-order valence-corrected chi connectivity index (χ2v) is 10.0. The predicted molar refractivity (Wildman–Crippen MR) is 138 cm³/mol. The van der Waals surface area contributed by atoms with Crippen molar-refractivity contribution in [2.75, 3.05) is 31.5 Å². The first-order valence-corrected chi connectivity index (χ1v) is 11.8. The molecule has 0 fully saturated rings. The van der Waals surface area contributed by atoms with E-state index in [2.05, 4.69) is 46.7 Å². The molecule has 0 bridgehead atoms. The van der Waals surface area contributed by atoms with Crippen molar-refractivity contribution in [2.24, 2.45) is 5.41 Å². The lowest BCUT2D eigenvalue weighted by Gasteiger charge is -2.32. The standard InChI is InChI=1S/C25H29N5O4S/c1-7-14-8-10-16(20(31)19(14)24(32)30(5)6)26-22-23(29-35-28-22)27-21(25(2,3)4)15-9-11-17-18(12-15)34-13-33-17/h7-12,21,31H,1,13H2,2-6H3,(H,26,28)(H,27,29)/t21-/m0/s1. The molecule has 3 N–H and O–H groups in total. The van der Waals surface area contributed by atoms with Gasteiger partial charge in [-0.05, 0) is 34.7 Å². The fraction of sp³-hybridized carbons (Fsp3) is 0.320. The zero-order valence-corrected chi connectivity index (χ0v) is 21.2. The van der Waals surface area contributed by atoms with Crippen molar-refractivity contribution >= 4 is 41.0 Å². The molecule has 1 atom stereocenters. The number of hydrogen-bond donors (Lipinski definition) is 3. The number of rotatable bonds is 7. The molecule has 3 aromatic rings. The highest BCUT2D eigenvalue weighted by atomic mass is 32.1. The third-order valence-electron chi connectivity index (χ3n) is 5.67. The summed E-state index contributed by atoms with van der Waals surface area (Å²) in [5, 5.41) is 17.6. The number of ether oxygens (including phenoxy) is 2. The SMILES string of the molecule is C=Cc1ccc(Nc2nsnc2N[C@@H](c2ccc3c(c2)OCO3)C(C)(C)C)c(O)c1C(=O)N(C)C. The van der Waals surface area contributed by atoms with Crippen molar-refractivity contribution < 1.29 is 19.4 Å². The molecule has 2 heterocycles. The van der Waals surface area contributed by atoms with Gasteiger partial charge in [-0.1, -0.05) is 45.6 Å². The number of anilines is 3. The Kier molecular flexibility index (Phi) is 6.58. The summed E-state index contributed by atoms with van der Waals surface area (Å²) in [6, 6.07) is 9.15. The second kappa shape index (κ2) is 9.46. The van der Waals surface area contributed by atoms with E-state index in [0.717, 1.165) is 23.0 Å². The van der Waals surface area contributed by atoms with Crippen LogP contribution in [0.25, 0.3) is 6.08 Å². The van der Waals surface area contributed by atoms with Gasteiger partial charge in [0.1, 0.15) is 0 Å². The minimum absolute atomic E-state index is 0.135. The molecule has 10 heteroatoms. The normalized spacial score (nSPS) is 13.3. The number of aromatic hydroxyl groups is 1. The lowest BCUT2D eigenvalue weighted by atomic mass is 9.82. The Labute approximate surface area is 208 Å². The lowest BCUT2D eigenvalue weighted by molar-refractivity contribution is 0.0824. The molecule has 0 spiro atoms. The molecule has 1 aromatic heterocycles. The predicted octanol–water partition coefficient (Wildman–Crippen LogP) is 5.26. The summed E-state index contributed by atoms with van der Waals surface area (Å²) in [7, 11) is 3.26. The number of aromatic nitrogens is 2. The highest BCUT2D eigenvalue weighted by molar-refractivity contribution is 6.99. The lowest BCUT2D eigenvalue weighted by Crippen LogP contribution is -2.26. The van der Waals surface area contributed by atoms with Crippen molar-refractivity contribution in [3.05, 3.63) is 53.6 Å². The van der Waals surface area contributed by atoms with E-state index in [1.165, 1.54) is 11.0 Å². The maximum absolute atomic E-state index is 12.7. The van der Waals surface area contributed by atoms with Crippen molar-refractivity contribution in [3.8, 4) is 17.2 Å². The van der Waals surface area contributed by atoms with Gasteiger partial charge in [0, 0.05) is 14.1 Å². The quantitative estimate of drug-likeness (QED) is 0.381. The van der Waals surface area contributed by atoms with E-state index in [1.807, 2.05) is 18.2 Å². The maximum atomic E-state index is 12.7. The summed E-state index contributed by atoms with van der Waals surface area (Å²) in [4.78, 5) is 14.1. The molecule has 0 radical (unpaired) electrons. The Morgan fingerprint density at radius 2 is 1.89 bits per heavy atom. The van der Waals surface area contributed by atoms with Crippen molar-refractivity contribution in [3.63, 3.8) is 0 Å². The monoisotopic (exact) mass is 495 g/mol. The Bertz CT molecular complexity index is 1270. The Morgan fingerprint density at radius 3 is 2.57 bits per heavy atom. The average Bonchev–Trinajstić information content (AvgIpc) is 3.45. The molecule has 1 aliphatic heterocycles. The highest BCUT2D eigenvalue weighted by Gasteiger charge is 2.30. The first kappa shape index (κ1) is 24.3. The fourth-order valence-electron chi connectivity index (χ4n) is 3.85. The first-order chi connectivity index (χ1) is 16.6. The van der Waals surface area contributed by atoms with Gasteiger partial charge < -0.3 is 30.1 Å². The van der Waals surface area contributed by atoms with Gasteiger partial charge in [0.15, 0.2) is 28.9 Å². The molecule has 2 aromatic carbocycles. The van der Waals surface area contributed by atoms with Crippen LogP contribution >= 0.6 is 11.7 Å². The minimum Gasteiger partial charge on any atom is -0.505 e. The van der Waals surface area contributed by atoms with Crippen LogP contribution in [-0.2, 0) is 0 Å². The van der Waals surface area contributed by atoms with E-state index < -0.39 is 0 Å². The van der Waals surface area contributed by atoms with Gasteiger partial charge in [-0.15, -0.1) is 0 Å². The molecular formula is C25H29N5O4S. The Morgan fingerprint density at radius 1 is 1.17 bits per heavy atom.